The van der Waals surface area contributed by atoms with Gasteiger partial charge in [0.15, 0.2) is 0 Å². The molecule has 2 heterocycles. The minimum atomic E-state index is 0.910. The van der Waals surface area contributed by atoms with Crippen molar-refractivity contribution in [2.45, 2.75) is 13.8 Å². The molecule has 0 atom stereocenters. The van der Waals surface area contributed by atoms with Crippen LogP contribution in [0, 0.1) is 13.8 Å². The van der Waals surface area contributed by atoms with E-state index in [9.17, 15) is 0 Å². The van der Waals surface area contributed by atoms with Crippen LogP contribution in [0.2, 0.25) is 0 Å². The van der Waals surface area contributed by atoms with Crippen LogP contribution in [-0.2, 0) is 0 Å². The third-order valence-electron chi connectivity index (χ3n) is 3.01. The van der Waals surface area contributed by atoms with Gasteiger partial charge in [-0.15, -0.1) is 11.3 Å². The van der Waals surface area contributed by atoms with Crippen molar-refractivity contribution in [3.05, 3.63) is 51.7 Å². The first-order valence-corrected chi connectivity index (χ1v) is 7.54. The van der Waals surface area contributed by atoms with E-state index in [2.05, 4.69) is 28.9 Å². The quantitative estimate of drug-likeness (QED) is 0.623. The number of benzene rings is 1. The van der Waals surface area contributed by atoms with Crippen molar-refractivity contribution in [3.8, 4) is 21.8 Å². The van der Waals surface area contributed by atoms with E-state index >= 15 is 0 Å². The van der Waals surface area contributed by atoms with E-state index in [0.717, 1.165) is 32.1 Å². The molecule has 0 unspecified atom stereocenters. The molecule has 0 amide bonds. The summed E-state index contributed by atoms with van der Waals surface area (Å²) in [5.41, 5.74) is 3.24. The predicted octanol–water partition coefficient (Wildman–Crippen LogP) is 5.45. The van der Waals surface area contributed by atoms with Crippen LogP contribution in [0.1, 0.15) is 10.6 Å². The van der Waals surface area contributed by atoms with Gasteiger partial charge in [-0.05, 0) is 26.0 Å². The second kappa shape index (κ2) is 4.94. The van der Waals surface area contributed by atoms with Gasteiger partial charge in [-0.25, -0.2) is 4.98 Å². The molecule has 3 rings (SSSR count). The van der Waals surface area contributed by atoms with Crippen LogP contribution in [-0.4, -0.2) is 4.98 Å². The van der Waals surface area contributed by atoms with Crippen LogP contribution < -0.4 is 0 Å². The van der Waals surface area contributed by atoms with Gasteiger partial charge in [0.25, 0.3) is 0 Å². The van der Waals surface area contributed by atoms with Gasteiger partial charge < -0.3 is 4.42 Å². The summed E-state index contributed by atoms with van der Waals surface area (Å²) < 4.78 is 6.42. The molecule has 0 spiro atoms. The Labute approximate surface area is 124 Å². The number of rotatable bonds is 2. The summed E-state index contributed by atoms with van der Waals surface area (Å²) in [6, 6.07) is 10.1. The minimum Gasteiger partial charge on any atom is -0.469 e. The Hall–Kier alpha value is -1.39. The molecule has 0 radical (unpaired) electrons. The molecular formula is C15H12BrNOS. The van der Waals surface area contributed by atoms with E-state index in [4.69, 9.17) is 9.40 Å². The van der Waals surface area contributed by atoms with Crippen LogP contribution in [0.15, 0.2) is 45.5 Å². The third-order valence-corrected chi connectivity index (χ3v) is 4.71. The third kappa shape index (κ3) is 2.26. The number of hydrogen-bond donors (Lipinski definition) is 0. The highest BCUT2D eigenvalue weighted by Crippen LogP contribution is 2.37. The van der Waals surface area contributed by atoms with Gasteiger partial charge in [-0.3, -0.25) is 0 Å². The van der Waals surface area contributed by atoms with Crippen molar-refractivity contribution >= 4 is 27.3 Å². The molecule has 19 heavy (non-hydrogen) atoms. The van der Waals surface area contributed by atoms with E-state index in [-0.39, 0.29) is 0 Å². The minimum absolute atomic E-state index is 0.910. The number of aryl methyl sites for hydroxylation is 2. The molecule has 0 aliphatic heterocycles. The van der Waals surface area contributed by atoms with Crippen molar-refractivity contribution in [2.75, 3.05) is 0 Å². The lowest BCUT2D eigenvalue weighted by Crippen LogP contribution is -1.82. The van der Waals surface area contributed by atoms with Crippen molar-refractivity contribution in [1.82, 2.24) is 4.98 Å². The van der Waals surface area contributed by atoms with Crippen LogP contribution >= 0.6 is 27.3 Å². The second-order valence-corrected chi connectivity index (χ2v) is 6.35. The monoisotopic (exact) mass is 333 g/mol. The molecule has 0 aliphatic carbocycles. The molecule has 0 aliphatic rings. The Bertz CT molecular complexity index is 729. The average molecular weight is 334 g/mol. The van der Waals surface area contributed by atoms with Gasteiger partial charge in [-0.2, -0.15) is 0 Å². The van der Waals surface area contributed by atoms with Crippen LogP contribution in [0.25, 0.3) is 21.8 Å². The maximum atomic E-state index is 5.35. The first-order chi connectivity index (χ1) is 9.16. The number of furan rings is 1. The Balaban J connectivity index is 2.13. The van der Waals surface area contributed by atoms with Gasteiger partial charge >= 0.3 is 0 Å². The Kier molecular flexibility index (Phi) is 3.29. The molecule has 1 aromatic carbocycles. The van der Waals surface area contributed by atoms with Gasteiger partial charge in [-0.1, -0.05) is 34.1 Å². The molecule has 2 nitrogen and oxygen atoms in total. The van der Waals surface area contributed by atoms with Gasteiger partial charge in [0, 0.05) is 14.9 Å². The highest BCUT2D eigenvalue weighted by atomic mass is 79.9. The summed E-state index contributed by atoms with van der Waals surface area (Å²) in [6.45, 7) is 4.07. The van der Waals surface area contributed by atoms with Gasteiger partial charge in [0.05, 0.1) is 17.5 Å². The van der Waals surface area contributed by atoms with Crippen molar-refractivity contribution in [2.24, 2.45) is 0 Å². The SMILES string of the molecule is Cc1occc1-c1nc(-c2ccccc2Br)c(C)s1. The van der Waals surface area contributed by atoms with E-state index < -0.39 is 0 Å². The van der Waals surface area contributed by atoms with Crippen molar-refractivity contribution < 1.29 is 4.42 Å². The number of nitrogens with zero attached hydrogens (tertiary/aromatic N) is 1. The smallest absolute Gasteiger partial charge is 0.127 e. The van der Waals surface area contributed by atoms with Crippen LogP contribution in [0.4, 0.5) is 0 Å². The average Bonchev–Trinajstić information content (AvgIpc) is 2.96. The number of thiazole rings is 1. The first kappa shape index (κ1) is 12.6. The lowest BCUT2D eigenvalue weighted by molar-refractivity contribution is 0.535. The van der Waals surface area contributed by atoms with E-state index in [1.54, 1.807) is 17.6 Å². The van der Waals surface area contributed by atoms with Crippen molar-refractivity contribution in [3.63, 3.8) is 0 Å². The topological polar surface area (TPSA) is 26.0 Å². The normalized spacial score (nSPS) is 10.9. The first-order valence-electron chi connectivity index (χ1n) is 5.93. The summed E-state index contributed by atoms with van der Waals surface area (Å²) >= 11 is 5.28. The lowest BCUT2D eigenvalue weighted by Gasteiger charge is -2.01. The second-order valence-electron chi connectivity index (χ2n) is 4.29. The van der Waals surface area contributed by atoms with Crippen LogP contribution in [0.3, 0.4) is 0 Å². The van der Waals surface area contributed by atoms with Gasteiger partial charge in [0.2, 0.25) is 0 Å². The zero-order valence-electron chi connectivity index (χ0n) is 10.6. The maximum absolute atomic E-state index is 5.35. The summed E-state index contributed by atoms with van der Waals surface area (Å²) in [7, 11) is 0. The molecule has 0 fully saturated rings. The van der Waals surface area contributed by atoms with Gasteiger partial charge in [0.1, 0.15) is 10.8 Å². The number of halogens is 1. The zero-order chi connectivity index (χ0) is 13.4. The van der Waals surface area contributed by atoms with E-state index in [1.807, 2.05) is 31.2 Å². The number of hydrogen-bond acceptors (Lipinski definition) is 3. The highest BCUT2D eigenvalue weighted by Gasteiger charge is 2.15. The fourth-order valence-electron chi connectivity index (χ4n) is 2.02. The summed E-state index contributed by atoms with van der Waals surface area (Å²) in [6.07, 6.45) is 1.71. The van der Waals surface area contributed by atoms with E-state index in [0.29, 0.717) is 0 Å². The predicted molar refractivity (Wildman–Crippen MR) is 82.4 cm³/mol. The Morgan fingerprint density at radius 1 is 1.11 bits per heavy atom. The molecule has 96 valence electrons. The molecule has 3 aromatic rings. The lowest BCUT2D eigenvalue weighted by atomic mass is 10.1. The van der Waals surface area contributed by atoms with Crippen molar-refractivity contribution in [1.29, 1.82) is 0 Å². The Morgan fingerprint density at radius 3 is 2.58 bits per heavy atom. The maximum Gasteiger partial charge on any atom is 0.127 e. The highest BCUT2D eigenvalue weighted by molar-refractivity contribution is 9.10. The summed E-state index contributed by atoms with van der Waals surface area (Å²) in [5, 5.41) is 1.01. The fourth-order valence-corrected chi connectivity index (χ4v) is 3.50. The summed E-state index contributed by atoms with van der Waals surface area (Å²) in [5.74, 6) is 0.910. The molecule has 0 saturated carbocycles. The largest absolute Gasteiger partial charge is 0.469 e. The molecule has 4 heteroatoms. The molecule has 0 bridgehead atoms. The fraction of sp³-hybridized carbons (Fsp3) is 0.133. The van der Waals surface area contributed by atoms with Crippen LogP contribution in [0.5, 0.6) is 0 Å². The number of aromatic nitrogens is 1. The zero-order valence-corrected chi connectivity index (χ0v) is 13.0. The Morgan fingerprint density at radius 2 is 1.89 bits per heavy atom. The molecule has 0 N–H and O–H groups in total. The molecular weight excluding hydrogens is 322 g/mol. The molecule has 2 aromatic heterocycles. The standard InChI is InChI=1S/C15H12BrNOS/c1-9-11(7-8-18-9)15-17-14(10(2)19-15)12-5-3-4-6-13(12)16/h3-8H,1-2H3. The van der Waals surface area contributed by atoms with E-state index in [1.165, 1.54) is 4.88 Å². The summed E-state index contributed by atoms with van der Waals surface area (Å²) in [4.78, 5) is 5.98. The molecule has 0 saturated heterocycles.